The second-order valence-corrected chi connectivity index (χ2v) is 7.50. The maximum absolute atomic E-state index is 12.5. The van der Waals surface area contributed by atoms with Crippen LogP contribution in [0.15, 0.2) is 47.9 Å². The molecule has 1 saturated carbocycles. The minimum absolute atomic E-state index is 0.0457. The van der Waals surface area contributed by atoms with Crippen molar-refractivity contribution < 1.29 is 4.79 Å². The summed E-state index contributed by atoms with van der Waals surface area (Å²) in [5.41, 5.74) is 1.96. The lowest BCUT2D eigenvalue weighted by Gasteiger charge is -2.13. The van der Waals surface area contributed by atoms with Crippen LogP contribution in [0, 0.1) is 0 Å². The van der Waals surface area contributed by atoms with Crippen LogP contribution < -0.4 is 5.32 Å². The number of nitrogens with zero attached hydrogens (tertiary/aromatic N) is 6. The monoisotopic (exact) mass is 369 g/mol. The Balaban J connectivity index is 1.39. The quantitative estimate of drug-likeness (QED) is 0.641. The molecular weight excluding hydrogens is 350 g/mol. The van der Waals surface area contributed by atoms with E-state index in [1.54, 1.807) is 10.9 Å². The van der Waals surface area contributed by atoms with Gasteiger partial charge in [-0.1, -0.05) is 30.0 Å². The Morgan fingerprint density at radius 3 is 2.96 bits per heavy atom. The molecule has 0 radical (unpaired) electrons. The molecule has 2 heterocycles. The van der Waals surface area contributed by atoms with Gasteiger partial charge >= 0.3 is 0 Å². The van der Waals surface area contributed by atoms with Crippen LogP contribution in [-0.2, 0) is 11.3 Å². The number of hydrogen-bond donors (Lipinski definition) is 1. The molecule has 2 aromatic heterocycles. The van der Waals surface area contributed by atoms with E-state index >= 15 is 0 Å². The highest BCUT2D eigenvalue weighted by Gasteiger charge is 2.29. The molecule has 9 heteroatoms. The number of rotatable bonds is 7. The lowest BCUT2D eigenvalue weighted by atomic mass is 10.1. The Labute approximate surface area is 155 Å². The SMILES string of the molecule is CC(Sc1nnnn1C1CC1)C(=O)NCc1ccccc1-n1cccn1. The highest BCUT2D eigenvalue weighted by atomic mass is 32.2. The smallest absolute Gasteiger partial charge is 0.233 e. The van der Waals surface area contributed by atoms with Crippen molar-refractivity contribution >= 4 is 17.7 Å². The molecule has 0 saturated heterocycles. The second kappa shape index (κ2) is 7.28. The Bertz CT molecular complexity index is 888. The first-order chi connectivity index (χ1) is 12.7. The summed E-state index contributed by atoms with van der Waals surface area (Å²) < 4.78 is 3.62. The average Bonchev–Trinajstić information content (AvgIpc) is 3.16. The molecule has 0 spiro atoms. The van der Waals surface area contributed by atoms with Crippen molar-refractivity contribution in [1.82, 2.24) is 35.3 Å². The van der Waals surface area contributed by atoms with Crippen LogP contribution in [-0.4, -0.2) is 41.1 Å². The van der Waals surface area contributed by atoms with Crippen LogP contribution in [0.1, 0.15) is 31.4 Å². The molecular formula is C17H19N7OS. The summed E-state index contributed by atoms with van der Waals surface area (Å²) in [5.74, 6) is -0.0457. The van der Waals surface area contributed by atoms with E-state index in [1.165, 1.54) is 11.8 Å². The fourth-order valence-corrected chi connectivity index (χ4v) is 3.53. The van der Waals surface area contributed by atoms with Crippen molar-refractivity contribution in [3.05, 3.63) is 48.3 Å². The highest BCUT2D eigenvalue weighted by Crippen LogP contribution is 2.37. The summed E-state index contributed by atoms with van der Waals surface area (Å²) in [6.07, 6.45) is 5.82. The minimum Gasteiger partial charge on any atom is -0.351 e. The van der Waals surface area contributed by atoms with E-state index in [2.05, 4.69) is 25.9 Å². The molecule has 8 nitrogen and oxygen atoms in total. The molecule has 1 aliphatic rings. The predicted octanol–water partition coefficient (Wildman–Crippen LogP) is 1.99. The summed E-state index contributed by atoms with van der Waals surface area (Å²) in [7, 11) is 0. The number of carbonyl (C=O) groups is 1. The molecule has 1 atom stereocenters. The van der Waals surface area contributed by atoms with E-state index < -0.39 is 0 Å². The van der Waals surface area contributed by atoms with Crippen LogP contribution in [0.2, 0.25) is 0 Å². The van der Waals surface area contributed by atoms with Gasteiger partial charge < -0.3 is 5.32 Å². The lowest BCUT2D eigenvalue weighted by molar-refractivity contribution is -0.120. The fourth-order valence-electron chi connectivity index (χ4n) is 2.64. The van der Waals surface area contributed by atoms with Crippen LogP contribution >= 0.6 is 11.8 Å². The van der Waals surface area contributed by atoms with Crippen molar-refractivity contribution in [3.8, 4) is 5.69 Å². The zero-order chi connectivity index (χ0) is 17.9. The average molecular weight is 369 g/mol. The molecule has 26 heavy (non-hydrogen) atoms. The summed E-state index contributed by atoms with van der Waals surface area (Å²) in [5, 5.41) is 19.5. The van der Waals surface area contributed by atoms with Crippen LogP contribution in [0.3, 0.4) is 0 Å². The largest absolute Gasteiger partial charge is 0.351 e. The molecule has 4 rings (SSSR count). The Kier molecular flexibility index (Phi) is 4.70. The molecule has 1 aliphatic carbocycles. The summed E-state index contributed by atoms with van der Waals surface area (Å²) in [6, 6.07) is 10.1. The summed E-state index contributed by atoms with van der Waals surface area (Å²) in [4.78, 5) is 12.5. The molecule has 1 N–H and O–H groups in total. The molecule has 3 aromatic rings. The second-order valence-electron chi connectivity index (χ2n) is 6.19. The number of tetrazole rings is 1. The highest BCUT2D eigenvalue weighted by molar-refractivity contribution is 8.00. The van der Waals surface area contributed by atoms with Gasteiger partial charge in [-0.2, -0.15) is 5.10 Å². The first kappa shape index (κ1) is 16.8. The molecule has 134 valence electrons. The molecule has 1 fully saturated rings. The molecule has 1 unspecified atom stereocenters. The van der Waals surface area contributed by atoms with Gasteiger partial charge in [0.05, 0.1) is 17.0 Å². The number of para-hydroxylation sites is 1. The Morgan fingerprint density at radius 2 is 2.19 bits per heavy atom. The third kappa shape index (κ3) is 3.62. The zero-order valence-corrected chi connectivity index (χ0v) is 15.1. The van der Waals surface area contributed by atoms with E-state index in [0.29, 0.717) is 17.7 Å². The number of carbonyl (C=O) groups excluding carboxylic acids is 1. The molecule has 0 aliphatic heterocycles. The normalized spacial score (nSPS) is 15.0. The van der Waals surface area contributed by atoms with Gasteiger partial charge in [-0.25, -0.2) is 9.36 Å². The number of aromatic nitrogens is 6. The van der Waals surface area contributed by atoms with E-state index in [0.717, 1.165) is 24.1 Å². The summed E-state index contributed by atoms with van der Waals surface area (Å²) in [6.45, 7) is 2.30. The van der Waals surface area contributed by atoms with Gasteiger partial charge in [0.15, 0.2) is 0 Å². The topological polar surface area (TPSA) is 90.5 Å². The van der Waals surface area contributed by atoms with Crippen LogP contribution in [0.25, 0.3) is 5.69 Å². The van der Waals surface area contributed by atoms with E-state index in [9.17, 15) is 4.79 Å². The van der Waals surface area contributed by atoms with Crippen LogP contribution in [0.4, 0.5) is 0 Å². The third-order valence-corrected chi connectivity index (χ3v) is 5.25. The fraction of sp³-hybridized carbons (Fsp3) is 0.353. The third-order valence-electron chi connectivity index (χ3n) is 4.20. The van der Waals surface area contributed by atoms with Gasteiger partial charge in [-0.15, -0.1) is 5.10 Å². The molecule has 0 bridgehead atoms. The first-order valence-corrected chi connectivity index (χ1v) is 9.40. The van der Waals surface area contributed by atoms with Crippen LogP contribution in [0.5, 0.6) is 0 Å². The first-order valence-electron chi connectivity index (χ1n) is 8.52. The van der Waals surface area contributed by atoms with Gasteiger partial charge in [-0.05, 0) is 47.9 Å². The number of hydrogen-bond acceptors (Lipinski definition) is 6. The van der Waals surface area contributed by atoms with E-state index in [4.69, 9.17) is 0 Å². The minimum atomic E-state index is -0.282. The molecule has 1 amide bonds. The van der Waals surface area contributed by atoms with Gasteiger partial charge in [-0.3, -0.25) is 4.79 Å². The van der Waals surface area contributed by atoms with Crippen molar-refractivity contribution in [2.24, 2.45) is 0 Å². The van der Waals surface area contributed by atoms with Crippen molar-refractivity contribution in [2.75, 3.05) is 0 Å². The lowest BCUT2D eigenvalue weighted by Crippen LogP contribution is -2.31. The zero-order valence-electron chi connectivity index (χ0n) is 14.3. The number of nitrogens with one attached hydrogen (secondary N) is 1. The van der Waals surface area contributed by atoms with Crippen molar-refractivity contribution in [1.29, 1.82) is 0 Å². The number of benzene rings is 1. The Morgan fingerprint density at radius 1 is 1.35 bits per heavy atom. The Hall–Kier alpha value is -2.68. The molecule has 1 aromatic carbocycles. The van der Waals surface area contributed by atoms with Gasteiger partial charge in [0, 0.05) is 18.9 Å². The van der Waals surface area contributed by atoms with E-state index in [1.807, 2.05) is 48.1 Å². The van der Waals surface area contributed by atoms with E-state index in [-0.39, 0.29) is 11.2 Å². The van der Waals surface area contributed by atoms with Crippen molar-refractivity contribution in [3.63, 3.8) is 0 Å². The van der Waals surface area contributed by atoms with Gasteiger partial charge in [0.2, 0.25) is 11.1 Å². The standard InChI is InChI=1S/C17H19N7OS/c1-12(26-17-20-21-22-24(17)14-7-8-14)16(25)18-11-13-5-2-3-6-15(13)23-10-4-9-19-23/h2-6,9-10,12,14H,7-8,11H2,1H3,(H,18,25). The maximum Gasteiger partial charge on any atom is 0.233 e. The summed E-state index contributed by atoms with van der Waals surface area (Å²) >= 11 is 1.39. The van der Waals surface area contributed by atoms with Crippen molar-refractivity contribution in [2.45, 2.75) is 42.8 Å². The number of thioether (sulfide) groups is 1. The maximum atomic E-state index is 12.5. The number of amides is 1. The predicted molar refractivity (Wildman–Crippen MR) is 96.8 cm³/mol. The van der Waals surface area contributed by atoms with Gasteiger partial charge in [0.25, 0.3) is 0 Å². The van der Waals surface area contributed by atoms with Gasteiger partial charge in [0.1, 0.15) is 0 Å².